The first-order chi connectivity index (χ1) is 6.05. The lowest BCUT2D eigenvalue weighted by molar-refractivity contribution is -0.156. The van der Waals surface area contributed by atoms with Crippen molar-refractivity contribution in [2.45, 2.75) is 33.9 Å². The van der Waals surface area contributed by atoms with Crippen molar-refractivity contribution in [1.29, 1.82) is 0 Å². The smallest absolute Gasteiger partial charge is 0.294 e. The molecule has 0 saturated heterocycles. The van der Waals surface area contributed by atoms with Crippen molar-refractivity contribution >= 4 is 5.78 Å². The van der Waals surface area contributed by atoms with E-state index in [2.05, 4.69) is 0 Å². The molecule has 1 nitrogen and oxygen atoms in total. The highest BCUT2D eigenvalue weighted by Gasteiger charge is 2.34. The molecule has 0 aromatic heterocycles. The van der Waals surface area contributed by atoms with Gasteiger partial charge in [0.15, 0.2) is 5.78 Å². The summed E-state index contributed by atoms with van der Waals surface area (Å²) in [6, 6.07) is 0. The highest BCUT2D eigenvalue weighted by Crippen LogP contribution is 2.27. The van der Waals surface area contributed by atoms with Crippen molar-refractivity contribution in [3.63, 3.8) is 0 Å². The third-order valence-corrected chi connectivity index (χ3v) is 1.79. The van der Waals surface area contributed by atoms with E-state index in [4.69, 9.17) is 0 Å². The van der Waals surface area contributed by atoms with Gasteiger partial charge in [0.05, 0.1) is 5.92 Å². The van der Waals surface area contributed by atoms with E-state index in [9.17, 15) is 18.0 Å². The average Bonchev–Trinajstić information content (AvgIpc) is 1.95. The van der Waals surface area contributed by atoms with Crippen molar-refractivity contribution in [1.82, 2.24) is 0 Å². The molecule has 0 fully saturated rings. The number of alkyl halides is 3. The first kappa shape index (κ1) is 13.2. The lowest BCUT2D eigenvalue weighted by atomic mass is 9.90. The van der Waals surface area contributed by atoms with Crippen LogP contribution in [-0.4, -0.2) is 12.0 Å². The first-order valence-corrected chi connectivity index (χ1v) is 4.34. The molecule has 0 aromatic rings. The monoisotopic (exact) mass is 208 g/mol. The Morgan fingerprint density at radius 1 is 1.21 bits per heavy atom. The quantitative estimate of drug-likeness (QED) is 0.636. The second kappa shape index (κ2) is 4.15. The molecule has 0 aliphatic carbocycles. The molecule has 0 radical (unpaired) electrons. The molecule has 0 saturated carbocycles. The number of rotatable bonds is 2. The molecule has 0 rings (SSSR count). The molecule has 82 valence electrons. The van der Waals surface area contributed by atoms with Crippen molar-refractivity contribution in [3.05, 3.63) is 12.2 Å². The largest absolute Gasteiger partial charge is 0.394 e. The maximum Gasteiger partial charge on any atom is 0.394 e. The van der Waals surface area contributed by atoms with Crippen LogP contribution in [0.4, 0.5) is 13.2 Å². The van der Waals surface area contributed by atoms with E-state index in [1.54, 1.807) is 20.8 Å². The summed E-state index contributed by atoms with van der Waals surface area (Å²) in [5, 5.41) is 0. The Labute approximate surface area is 82.0 Å². The number of halogens is 3. The molecule has 0 heterocycles. The fraction of sp³-hybridized carbons (Fsp3) is 0.700. The third kappa shape index (κ3) is 4.44. The number of carbonyl (C=O) groups excluding carboxylic acids is 1. The molecule has 0 spiro atoms. The van der Waals surface area contributed by atoms with Crippen LogP contribution in [0.15, 0.2) is 12.2 Å². The number of ketones is 1. The van der Waals surface area contributed by atoms with Crippen LogP contribution in [0.3, 0.4) is 0 Å². The van der Waals surface area contributed by atoms with Crippen molar-refractivity contribution < 1.29 is 18.0 Å². The summed E-state index contributed by atoms with van der Waals surface area (Å²) in [6.45, 7) is 6.01. The van der Waals surface area contributed by atoms with Crippen LogP contribution < -0.4 is 0 Å². The maximum atomic E-state index is 12.0. The Morgan fingerprint density at radius 2 is 1.64 bits per heavy atom. The number of carbonyl (C=O) groups is 1. The van der Waals surface area contributed by atoms with Crippen LogP contribution in [0.5, 0.6) is 0 Å². The van der Waals surface area contributed by atoms with E-state index in [0.29, 0.717) is 0 Å². The Hall–Kier alpha value is -0.800. The highest BCUT2D eigenvalue weighted by atomic mass is 19.4. The van der Waals surface area contributed by atoms with Crippen molar-refractivity contribution in [2.24, 2.45) is 11.3 Å². The highest BCUT2D eigenvalue weighted by molar-refractivity contribution is 5.93. The minimum atomic E-state index is -4.27. The van der Waals surface area contributed by atoms with Gasteiger partial charge >= 0.3 is 6.18 Å². The summed E-state index contributed by atoms with van der Waals surface area (Å²) in [5.74, 6) is -1.87. The van der Waals surface area contributed by atoms with E-state index < -0.39 is 17.5 Å². The van der Waals surface area contributed by atoms with Crippen LogP contribution in [-0.2, 0) is 4.79 Å². The number of hydrogen-bond acceptors (Lipinski definition) is 1. The zero-order valence-electron chi connectivity index (χ0n) is 8.77. The van der Waals surface area contributed by atoms with Crippen LogP contribution in [0, 0.1) is 11.3 Å². The number of allylic oxidation sites excluding steroid dienone is 2. The molecular formula is C10H15F3O. The summed E-state index contributed by atoms with van der Waals surface area (Å²) in [7, 11) is 0. The van der Waals surface area contributed by atoms with Gasteiger partial charge in [0.1, 0.15) is 0 Å². The predicted octanol–water partition coefficient (Wildman–Crippen LogP) is 3.36. The zero-order valence-corrected chi connectivity index (χ0v) is 8.77. The zero-order chi connectivity index (χ0) is 11.6. The molecule has 1 unspecified atom stereocenters. The lowest BCUT2D eigenvalue weighted by Crippen LogP contribution is -2.20. The summed E-state index contributed by atoms with van der Waals surface area (Å²) < 4.78 is 36.1. The van der Waals surface area contributed by atoms with E-state index in [1.807, 2.05) is 0 Å². The van der Waals surface area contributed by atoms with Crippen molar-refractivity contribution in [2.75, 3.05) is 0 Å². The third-order valence-electron chi connectivity index (χ3n) is 1.79. The van der Waals surface area contributed by atoms with Gasteiger partial charge in [-0.2, -0.15) is 13.2 Å². The van der Waals surface area contributed by atoms with Crippen LogP contribution in [0.1, 0.15) is 27.7 Å². The molecule has 0 N–H and O–H groups in total. The van der Waals surface area contributed by atoms with Gasteiger partial charge < -0.3 is 0 Å². The average molecular weight is 208 g/mol. The Bertz CT molecular complexity index is 233. The summed E-state index contributed by atoms with van der Waals surface area (Å²) in [5.41, 5.74) is -0.623. The number of hydrogen-bond donors (Lipinski definition) is 0. The van der Waals surface area contributed by atoms with Crippen LogP contribution in [0.2, 0.25) is 0 Å². The van der Waals surface area contributed by atoms with Gasteiger partial charge in [-0.1, -0.05) is 33.8 Å². The van der Waals surface area contributed by atoms with E-state index >= 15 is 0 Å². The van der Waals surface area contributed by atoms with Gasteiger partial charge in [-0.15, -0.1) is 0 Å². The molecule has 14 heavy (non-hydrogen) atoms. The standard InChI is InChI=1S/C10H15F3O/c1-7(10(11,12)13)5-6-8(14)9(2,3)4/h5-7H,1-4H3/b6-5-. The topological polar surface area (TPSA) is 17.1 Å². The molecule has 0 aliphatic heterocycles. The van der Waals surface area contributed by atoms with Gasteiger partial charge in [0.25, 0.3) is 0 Å². The normalized spacial score (nSPS) is 15.9. The van der Waals surface area contributed by atoms with Gasteiger partial charge in [0, 0.05) is 5.41 Å². The Kier molecular flexibility index (Phi) is 3.91. The Morgan fingerprint density at radius 3 is 1.93 bits per heavy atom. The molecule has 4 heteroatoms. The molecular weight excluding hydrogens is 193 g/mol. The summed E-state index contributed by atoms with van der Waals surface area (Å²) >= 11 is 0. The van der Waals surface area contributed by atoms with E-state index in [-0.39, 0.29) is 5.78 Å². The molecule has 0 aromatic carbocycles. The Balaban J connectivity index is 4.41. The van der Waals surface area contributed by atoms with Gasteiger partial charge in [-0.3, -0.25) is 4.79 Å². The van der Waals surface area contributed by atoms with Crippen molar-refractivity contribution in [3.8, 4) is 0 Å². The predicted molar refractivity (Wildman–Crippen MR) is 48.8 cm³/mol. The second-order valence-corrected chi connectivity index (χ2v) is 4.30. The SMILES string of the molecule is CC(/C=C\C(=O)C(C)(C)C)C(F)(F)F. The van der Waals surface area contributed by atoms with Gasteiger partial charge in [-0.25, -0.2) is 0 Å². The second-order valence-electron chi connectivity index (χ2n) is 4.30. The fourth-order valence-electron chi connectivity index (χ4n) is 0.591. The maximum absolute atomic E-state index is 12.0. The van der Waals surface area contributed by atoms with E-state index in [1.165, 1.54) is 0 Å². The van der Waals surface area contributed by atoms with Gasteiger partial charge in [0.2, 0.25) is 0 Å². The molecule has 0 aliphatic rings. The van der Waals surface area contributed by atoms with E-state index in [0.717, 1.165) is 19.1 Å². The fourth-order valence-corrected chi connectivity index (χ4v) is 0.591. The van der Waals surface area contributed by atoms with Gasteiger partial charge in [-0.05, 0) is 6.08 Å². The van der Waals surface area contributed by atoms with Crippen LogP contribution in [0.25, 0.3) is 0 Å². The molecule has 0 bridgehead atoms. The molecule has 1 atom stereocenters. The lowest BCUT2D eigenvalue weighted by Gasteiger charge is -2.14. The summed E-state index contributed by atoms with van der Waals surface area (Å²) in [6.07, 6.45) is -2.36. The molecule has 0 amide bonds. The minimum Gasteiger partial charge on any atom is -0.294 e. The first-order valence-electron chi connectivity index (χ1n) is 4.34. The summed E-state index contributed by atoms with van der Waals surface area (Å²) in [4.78, 5) is 11.2. The van der Waals surface area contributed by atoms with Crippen LogP contribution >= 0.6 is 0 Å². The minimum absolute atomic E-state index is 0.298.